The summed E-state index contributed by atoms with van der Waals surface area (Å²) in [7, 11) is 0. The number of benzene rings is 2. The smallest absolute Gasteiger partial charge is 0.108 e. The topological polar surface area (TPSA) is 21.7 Å². The molecule has 1 aliphatic rings. The van der Waals surface area contributed by atoms with Crippen LogP contribution >= 0.6 is 0 Å². The van der Waals surface area contributed by atoms with E-state index in [4.69, 9.17) is 9.47 Å². The van der Waals surface area contributed by atoms with E-state index < -0.39 is 0 Å². The minimum atomic E-state index is 0.493. The van der Waals surface area contributed by atoms with Gasteiger partial charge in [0.1, 0.15) is 13.2 Å². The van der Waals surface area contributed by atoms with Gasteiger partial charge in [-0.3, -0.25) is 4.90 Å². The maximum atomic E-state index is 5.62. The Kier molecular flexibility index (Phi) is 10.1. The normalized spacial score (nSPS) is 14.4. The lowest BCUT2D eigenvalue weighted by Crippen LogP contribution is -2.33. The van der Waals surface area contributed by atoms with Gasteiger partial charge in [0.15, 0.2) is 0 Å². The quantitative estimate of drug-likeness (QED) is 0.479. The molecule has 0 unspecified atom stereocenters. The van der Waals surface area contributed by atoms with Crippen molar-refractivity contribution in [2.45, 2.75) is 32.5 Å². The molecule has 0 saturated carbocycles. The summed E-state index contributed by atoms with van der Waals surface area (Å²) in [6.45, 7) is 5.31. The van der Waals surface area contributed by atoms with Crippen molar-refractivity contribution in [1.29, 1.82) is 0 Å². The van der Waals surface area contributed by atoms with Gasteiger partial charge >= 0.3 is 0 Å². The SMILES string of the molecule is C(#CCC1CCN(CC#CCOCc2ccccc2)CC1)COCc1ccccc1. The predicted octanol–water partition coefficient (Wildman–Crippen LogP) is 4.53. The van der Waals surface area contributed by atoms with Gasteiger partial charge in [-0.25, -0.2) is 0 Å². The minimum absolute atomic E-state index is 0.493. The summed E-state index contributed by atoms with van der Waals surface area (Å²) >= 11 is 0. The standard InChI is InChI=1S/C27H31NO2/c1-3-12-26(13-4-1)23-29-21-9-7-11-25-16-19-28(20-17-25)18-8-10-22-30-24-27-14-5-2-6-15-27/h1-6,12-15,25H,11,16-24H2. The number of hydrogen-bond acceptors (Lipinski definition) is 3. The molecule has 2 aromatic carbocycles. The lowest BCUT2D eigenvalue weighted by molar-refractivity contribution is 0.153. The van der Waals surface area contributed by atoms with E-state index in [0.29, 0.717) is 32.3 Å². The van der Waals surface area contributed by atoms with Crippen LogP contribution in [0.5, 0.6) is 0 Å². The van der Waals surface area contributed by atoms with Gasteiger partial charge in [0.05, 0.1) is 19.8 Å². The second-order valence-corrected chi connectivity index (χ2v) is 7.59. The summed E-state index contributed by atoms with van der Waals surface area (Å²) in [6, 6.07) is 20.4. The van der Waals surface area contributed by atoms with Gasteiger partial charge in [0, 0.05) is 6.42 Å². The van der Waals surface area contributed by atoms with Crippen molar-refractivity contribution in [3.05, 3.63) is 71.8 Å². The fourth-order valence-corrected chi connectivity index (χ4v) is 3.42. The number of hydrogen-bond donors (Lipinski definition) is 0. The fraction of sp³-hybridized carbons (Fsp3) is 0.407. The summed E-state index contributed by atoms with van der Waals surface area (Å²) in [4.78, 5) is 2.43. The Balaban J connectivity index is 1.21. The highest BCUT2D eigenvalue weighted by Gasteiger charge is 2.17. The lowest BCUT2D eigenvalue weighted by atomic mass is 9.94. The molecule has 0 bridgehead atoms. The van der Waals surface area contributed by atoms with Crippen molar-refractivity contribution < 1.29 is 9.47 Å². The first kappa shape index (κ1) is 22.1. The average molecular weight is 402 g/mol. The zero-order chi connectivity index (χ0) is 20.7. The van der Waals surface area contributed by atoms with E-state index in [1.165, 1.54) is 24.0 Å². The Morgan fingerprint density at radius 3 is 1.80 bits per heavy atom. The zero-order valence-corrected chi connectivity index (χ0v) is 17.7. The van der Waals surface area contributed by atoms with Crippen molar-refractivity contribution in [3.8, 4) is 23.7 Å². The molecule has 0 amide bonds. The molecule has 3 nitrogen and oxygen atoms in total. The van der Waals surface area contributed by atoms with Crippen LogP contribution < -0.4 is 0 Å². The van der Waals surface area contributed by atoms with Gasteiger partial charge in [0.25, 0.3) is 0 Å². The summed E-state index contributed by atoms with van der Waals surface area (Å²) in [5.41, 5.74) is 2.38. The third-order valence-electron chi connectivity index (χ3n) is 5.22. The molecule has 0 atom stereocenters. The minimum Gasteiger partial charge on any atom is -0.364 e. The van der Waals surface area contributed by atoms with E-state index in [1.807, 2.05) is 36.4 Å². The van der Waals surface area contributed by atoms with Crippen molar-refractivity contribution in [2.75, 3.05) is 32.8 Å². The Bertz CT molecular complexity index is 761. The van der Waals surface area contributed by atoms with Crippen LogP contribution in [-0.4, -0.2) is 37.7 Å². The van der Waals surface area contributed by atoms with Crippen LogP contribution in [0, 0.1) is 29.6 Å². The molecule has 1 aliphatic heterocycles. The summed E-state index contributed by atoms with van der Waals surface area (Å²) in [5, 5.41) is 0. The Morgan fingerprint density at radius 1 is 0.700 bits per heavy atom. The number of rotatable bonds is 8. The van der Waals surface area contributed by atoms with Crippen LogP contribution in [0.25, 0.3) is 0 Å². The van der Waals surface area contributed by atoms with Crippen LogP contribution in [0.15, 0.2) is 60.7 Å². The third kappa shape index (κ3) is 8.85. The van der Waals surface area contributed by atoms with Crippen molar-refractivity contribution in [2.24, 2.45) is 5.92 Å². The van der Waals surface area contributed by atoms with E-state index in [2.05, 4.69) is 52.8 Å². The Labute approximate surface area is 181 Å². The molecule has 0 aliphatic carbocycles. The molecule has 30 heavy (non-hydrogen) atoms. The summed E-state index contributed by atoms with van der Waals surface area (Å²) in [6.07, 6.45) is 3.37. The van der Waals surface area contributed by atoms with Gasteiger partial charge in [-0.15, -0.1) is 5.92 Å². The molecule has 3 rings (SSSR count). The van der Waals surface area contributed by atoms with Gasteiger partial charge in [-0.1, -0.05) is 78.4 Å². The summed E-state index contributed by atoms with van der Waals surface area (Å²) in [5.74, 6) is 13.5. The van der Waals surface area contributed by atoms with E-state index in [-0.39, 0.29) is 0 Å². The van der Waals surface area contributed by atoms with Crippen molar-refractivity contribution in [3.63, 3.8) is 0 Å². The molecule has 1 heterocycles. The second kappa shape index (κ2) is 13.6. The van der Waals surface area contributed by atoms with E-state index >= 15 is 0 Å². The molecule has 0 radical (unpaired) electrons. The fourth-order valence-electron chi connectivity index (χ4n) is 3.42. The van der Waals surface area contributed by atoms with Crippen LogP contribution in [0.1, 0.15) is 30.4 Å². The molecule has 3 heteroatoms. The van der Waals surface area contributed by atoms with Crippen LogP contribution in [0.4, 0.5) is 0 Å². The summed E-state index contributed by atoms with van der Waals surface area (Å²) < 4.78 is 11.2. The second-order valence-electron chi connectivity index (χ2n) is 7.59. The molecule has 156 valence electrons. The monoisotopic (exact) mass is 401 g/mol. The van der Waals surface area contributed by atoms with Gasteiger partial charge in [-0.05, 0) is 43.0 Å². The molecule has 0 spiro atoms. The van der Waals surface area contributed by atoms with E-state index in [1.54, 1.807) is 0 Å². The highest BCUT2D eigenvalue weighted by atomic mass is 16.5. The van der Waals surface area contributed by atoms with Gasteiger partial charge in [0.2, 0.25) is 0 Å². The maximum Gasteiger partial charge on any atom is 0.108 e. The molecule has 0 N–H and O–H groups in total. The Hall–Kier alpha value is -2.56. The molecular weight excluding hydrogens is 370 g/mol. The largest absolute Gasteiger partial charge is 0.364 e. The molecule has 0 aromatic heterocycles. The number of likely N-dealkylation sites (tertiary alicyclic amines) is 1. The van der Waals surface area contributed by atoms with Gasteiger partial charge in [-0.2, -0.15) is 0 Å². The van der Waals surface area contributed by atoms with Crippen LogP contribution in [-0.2, 0) is 22.7 Å². The lowest BCUT2D eigenvalue weighted by Gasteiger charge is -2.29. The zero-order valence-electron chi connectivity index (χ0n) is 17.7. The first-order valence-corrected chi connectivity index (χ1v) is 10.8. The maximum absolute atomic E-state index is 5.62. The van der Waals surface area contributed by atoms with Crippen molar-refractivity contribution in [1.82, 2.24) is 4.90 Å². The van der Waals surface area contributed by atoms with E-state index in [9.17, 15) is 0 Å². The molecule has 1 saturated heterocycles. The number of nitrogens with zero attached hydrogens (tertiary/aromatic N) is 1. The Morgan fingerprint density at radius 2 is 1.23 bits per heavy atom. The van der Waals surface area contributed by atoms with Crippen LogP contribution in [0.3, 0.4) is 0 Å². The number of ether oxygens (including phenoxy) is 2. The van der Waals surface area contributed by atoms with Crippen LogP contribution in [0.2, 0.25) is 0 Å². The van der Waals surface area contributed by atoms with E-state index in [0.717, 1.165) is 26.1 Å². The highest BCUT2D eigenvalue weighted by molar-refractivity contribution is 5.14. The van der Waals surface area contributed by atoms with Crippen molar-refractivity contribution >= 4 is 0 Å². The first-order chi connectivity index (χ1) is 14.9. The average Bonchev–Trinajstić information content (AvgIpc) is 2.81. The third-order valence-corrected chi connectivity index (χ3v) is 5.22. The predicted molar refractivity (Wildman–Crippen MR) is 122 cm³/mol. The van der Waals surface area contributed by atoms with Gasteiger partial charge < -0.3 is 9.47 Å². The first-order valence-electron chi connectivity index (χ1n) is 10.8. The molecule has 2 aromatic rings. The highest BCUT2D eigenvalue weighted by Crippen LogP contribution is 2.19. The number of piperidine rings is 1. The molecular formula is C27H31NO2. The molecule has 1 fully saturated rings.